The maximum atomic E-state index is 13.2. The molecule has 0 aliphatic heterocycles. The first-order valence-electron chi connectivity index (χ1n) is 4.17. The molecule has 0 saturated heterocycles. The molecular weight excluding hydrogens is 272 g/mol. The SMILES string of the molecule is O=Cc1nc(-c2cc(F)c(Cl)cc2Cl)cs1. The van der Waals surface area contributed by atoms with E-state index < -0.39 is 5.82 Å². The van der Waals surface area contributed by atoms with Gasteiger partial charge < -0.3 is 0 Å². The first-order valence-corrected chi connectivity index (χ1v) is 5.81. The Labute approximate surface area is 105 Å². The van der Waals surface area contributed by atoms with Gasteiger partial charge in [-0.1, -0.05) is 23.2 Å². The van der Waals surface area contributed by atoms with Crippen LogP contribution in [0.2, 0.25) is 10.0 Å². The van der Waals surface area contributed by atoms with Crippen LogP contribution in [-0.4, -0.2) is 11.3 Å². The third kappa shape index (κ3) is 2.09. The minimum Gasteiger partial charge on any atom is -0.295 e. The quantitative estimate of drug-likeness (QED) is 0.611. The Kier molecular flexibility index (Phi) is 3.23. The summed E-state index contributed by atoms with van der Waals surface area (Å²) in [5.74, 6) is -0.568. The largest absolute Gasteiger partial charge is 0.295 e. The van der Waals surface area contributed by atoms with Crippen LogP contribution in [0.1, 0.15) is 9.80 Å². The zero-order valence-corrected chi connectivity index (χ0v) is 10.0. The van der Waals surface area contributed by atoms with Crippen LogP contribution in [0.25, 0.3) is 11.3 Å². The van der Waals surface area contributed by atoms with Gasteiger partial charge in [0.05, 0.1) is 15.7 Å². The van der Waals surface area contributed by atoms with Crippen molar-refractivity contribution in [3.8, 4) is 11.3 Å². The maximum Gasteiger partial charge on any atom is 0.178 e. The number of halogens is 3. The zero-order valence-electron chi connectivity index (χ0n) is 7.71. The predicted molar refractivity (Wildman–Crippen MR) is 62.9 cm³/mol. The van der Waals surface area contributed by atoms with Gasteiger partial charge in [-0.2, -0.15) is 0 Å². The van der Waals surface area contributed by atoms with Crippen LogP contribution < -0.4 is 0 Å². The number of carbonyl (C=O) groups is 1. The fourth-order valence-electron chi connectivity index (χ4n) is 1.18. The number of hydrogen-bond donors (Lipinski definition) is 0. The molecule has 1 aromatic heterocycles. The lowest BCUT2D eigenvalue weighted by Gasteiger charge is -2.02. The van der Waals surface area contributed by atoms with E-state index in [2.05, 4.69) is 4.98 Å². The molecule has 16 heavy (non-hydrogen) atoms. The molecule has 2 rings (SSSR count). The van der Waals surface area contributed by atoms with Crippen molar-refractivity contribution in [1.82, 2.24) is 4.98 Å². The normalized spacial score (nSPS) is 10.4. The van der Waals surface area contributed by atoms with Gasteiger partial charge in [-0.15, -0.1) is 11.3 Å². The number of thiazole rings is 1. The monoisotopic (exact) mass is 275 g/mol. The number of aromatic nitrogens is 1. The summed E-state index contributed by atoms with van der Waals surface area (Å²) in [6, 6.07) is 2.52. The van der Waals surface area contributed by atoms with E-state index in [-0.39, 0.29) is 5.02 Å². The van der Waals surface area contributed by atoms with E-state index in [1.165, 1.54) is 23.5 Å². The second kappa shape index (κ2) is 4.49. The Morgan fingerprint density at radius 2 is 2.06 bits per heavy atom. The highest BCUT2D eigenvalue weighted by atomic mass is 35.5. The highest BCUT2D eigenvalue weighted by Crippen LogP contribution is 2.32. The minimum absolute atomic E-state index is 0.0420. The Hall–Kier alpha value is -0.970. The van der Waals surface area contributed by atoms with Gasteiger partial charge in [-0.25, -0.2) is 9.37 Å². The first-order chi connectivity index (χ1) is 7.61. The number of hydrogen-bond acceptors (Lipinski definition) is 3. The second-order valence-electron chi connectivity index (χ2n) is 2.93. The predicted octanol–water partition coefficient (Wildman–Crippen LogP) is 4.07. The molecule has 0 aliphatic rings. The van der Waals surface area contributed by atoms with E-state index in [1.54, 1.807) is 5.38 Å². The van der Waals surface area contributed by atoms with Crippen LogP contribution in [0.3, 0.4) is 0 Å². The fraction of sp³-hybridized carbons (Fsp3) is 0. The summed E-state index contributed by atoms with van der Waals surface area (Å²) >= 11 is 12.7. The second-order valence-corrected chi connectivity index (χ2v) is 4.64. The van der Waals surface area contributed by atoms with Crippen LogP contribution in [0.15, 0.2) is 17.5 Å². The van der Waals surface area contributed by atoms with Gasteiger partial charge in [0.2, 0.25) is 0 Å². The van der Waals surface area contributed by atoms with E-state index in [1.807, 2.05) is 0 Å². The fourth-order valence-corrected chi connectivity index (χ4v) is 2.28. The number of carbonyl (C=O) groups excluding carboxylic acids is 1. The van der Waals surface area contributed by atoms with Crippen LogP contribution in [-0.2, 0) is 0 Å². The van der Waals surface area contributed by atoms with Crippen LogP contribution in [0.4, 0.5) is 4.39 Å². The van der Waals surface area contributed by atoms with Crippen molar-refractivity contribution in [3.05, 3.63) is 38.4 Å². The zero-order chi connectivity index (χ0) is 11.7. The van der Waals surface area contributed by atoms with Crippen molar-refractivity contribution in [2.45, 2.75) is 0 Å². The molecule has 0 amide bonds. The molecule has 0 bridgehead atoms. The van der Waals surface area contributed by atoms with Gasteiger partial charge in [0.25, 0.3) is 0 Å². The summed E-state index contributed by atoms with van der Waals surface area (Å²) in [4.78, 5) is 14.5. The molecule has 82 valence electrons. The third-order valence-electron chi connectivity index (χ3n) is 1.91. The van der Waals surface area contributed by atoms with Crippen molar-refractivity contribution in [2.24, 2.45) is 0 Å². The lowest BCUT2D eigenvalue weighted by molar-refractivity contribution is 0.112. The molecule has 0 saturated carbocycles. The van der Waals surface area contributed by atoms with E-state index in [9.17, 15) is 9.18 Å². The van der Waals surface area contributed by atoms with Crippen LogP contribution >= 0.6 is 34.5 Å². The van der Waals surface area contributed by atoms with E-state index in [0.717, 1.165) is 0 Å². The van der Waals surface area contributed by atoms with Gasteiger partial charge in [-0.05, 0) is 12.1 Å². The van der Waals surface area contributed by atoms with Crippen LogP contribution in [0.5, 0.6) is 0 Å². The molecule has 0 aliphatic carbocycles. The molecular formula is C10H4Cl2FNOS. The van der Waals surface area contributed by atoms with Crippen molar-refractivity contribution in [2.75, 3.05) is 0 Å². The molecule has 6 heteroatoms. The van der Waals surface area contributed by atoms with Gasteiger partial charge in [0.1, 0.15) is 5.82 Å². The van der Waals surface area contributed by atoms with Crippen molar-refractivity contribution in [3.63, 3.8) is 0 Å². The number of nitrogens with zero attached hydrogens (tertiary/aromatic N) is 1. The third-order valence-corrected chi connectivity index (χ3v) is 3.28. The lowest BCUT2D eigenvalue weighted by atomic mass is 10.2. The highest BCUT2D eigenvalue weighted by molar-refractivity contribution is 7.11. The summed E-state index contributed by atoms with van der Waals surface area (Å²) in [7, 11) is 0. The van der Waals surface area contributed by atoms with Gasteiger partial charge >= 0.3 is 0 Å². The van der Waals surface area contributed by atoms with Crippen molar-refractivity contribution in [1.29, 1.82) is 0 Å². The molecule has 1 heterocycles. The average Bonchev–Trinajstić information content (AvgIpc) is 2.71. The van der Waals surface area contributed by atoms with E-state index in [0.29, 0.717) is 27.6 Å². The maximum absolute atomic E-state index is 13.2. The molecule has 0 spiro atoms. The number of aldehydes is 1. The molecule has 2 aromatic rings. The molecule has 0 atom stereocenters. The number of benzene rings is 1. The summed E-state index contributed by atoms with van der Waals surface area (Å²) in [5, 5.41) is 2.22. The average molecular weight is 276 g/mol. The van der Waals surface area contributed by atoms with Gasteiger partial charge in [0.15, 0.2) is 11.3 Å². The summed E-state index contributed by atoms with van der Waals surface area (Å²) in [6.07, 6.45) is 0.633. The van der Waals surface area contributed by atoms with E-state index in [4.69, 9.17) is 23.2 Å². The first kappa shape index (κ1) is 11.5. The highest BCUT2D eigenvalue weighted by Gasteiger charge is 2.11. The topological polar surface area (TPSA) is 30.0 Å². The molecule has 0 N–H and O–H groups in total. The smallest absolute Gasteiger partial charge is 0.178 e. The Bertz CT molecular complexity index is 556. The Morgan fingerprint density at radius 3 is 2.69 bits per heavy atom. The van der Waals surface area contributed by atoms with Crippen LogP contribution in [0, 0.1) is 5.82 Å². The Morgan fingerprint density at radius 1 is 1.31 bits per heavy atom. The summed E-state index contributed by atoms with van der Waals surface area (Å²) in [5.41, 5.74) is 0.889. The molecule has 0 radical (unpaired) electrons. The van der Waals surface area contributed by atoms with Gasteiger partial charge in [-0.3, -0.25) is 4.79 Å². The van der Waals surface area contributed by atoms with Crippen molar-refractivity contribution >= 4 is 40.8 Å². The Balaban J connectivity index is 2.55. The standard InChI is InChI=1S/C10H4Cl2FNOS/c11-6-2-7(12)8(13)1-5(6)9-4-16-10(3-15)14-9/h1-4H. The molecule has 0 fully saturated rings. The van der Waals surface area contributed by atoms with E-state index >= 15 is 0 Å². The summed E-state index contributed by atoms with van der Waals surface area (Å²) < 4.78 is 13.2. The molecule has 2 nitrogen and oxygen atoms in total. The van der Waals surface area contributed by atoms with Crippen molar-refractivity contribution < 1.29 is 9.18 Å². The summed E-state index contributed by atoms with van der Waals surface area (Å²) in [6.45, 7) is 0. The molecule has 0 unspecified atom stereocenters. The minimum atomic E-state index is -0.568. The molecule has 1 aromatic carbocycles. The number of rotatable bonds is 2. The lowest BCUT2D eigenvalue weighted by Crippen LogP contribution is -1.85. The van der Waals surface area contributed by atoms with Gasteiger partial charge in [0, 0.05) is 10.9 Å².